The second kappa shape index (κ2) is 4.92. The van der Waals surface area contributed by atoms with E-state index in [0.29, 0.717) is 26.9 Å². The lowest BCUT2D eigenvalue weighted by Gasteiger charge is -2.05. The summed E-state index contributed by atoms with van der Waals surface area (Å²) in [5.74, 6) is 0. The number of aromatic nitrogens is 1. The lowest BCUT2D eigenvalue weighted by atomic mass is 10.1. The Labute approximate surface area is 108 Å². The molecule has 0 unspecified atom stereocenters. The molecule has 17 heavy (non-hydrogen) atoms. The summed E-state index contributed by atoms with van der Waals surface area (Å²) in [5, 5.41) is 9.95. The minimum atomic E-state index is -0.332. The Morgan fingerprint density at radius 3 is 2.59 bits per heavy atom. The molecule has 0 aliphatic heterocycles. The molecular weight excluding hydrogens is 261 g/mol. The number of benzene rings is 1. The number of rotatable bonds is 2. The highest BCUT2D eigenvalue weighted by Gasteiger charge is 2.06. The van der Waals surface area contributed by atoms with E-state index >= 15 is 0 Å². The Kier molecular flexibility index (Phi) is 3.52. The van der Waals surface area contributed by atoms with E-state index in [-0.39, 0.29) is 12.2 Å². The highest BCUT2D eigenvalue weighted by molar-refractivity contribution is 6.35. The number of nitrogens with one attached hydrogen (secondary N) is 1. The lowest BCUT2D eigenvalue weighted by Crippen LogP contribution is -2.12. The molecule has 0 saturated carbocycles. The quantitative estimate of drug-likeness (QED) is 0.881. The number of H-pyrrole nitrogens is 1. The van der Waals surface area contributed by atoms with E-state index in [2.05, 4.69) is 4.98 Å². The van der Waals surface area contributed by atoms with Crippen molar-refractivity contribution in [1.82, 2.24) is 4.98 Å². The second-order valence-corrected chi connectivity index (χ2v) is 4.35. The Bertz CT molecular complexity index is 608. The summed E-state index contributed by atoms with van der Waals surface area (Å²) >= 11 is 11.9. The minimum Gasteiger partial charge on any atom is -0.391 e. The first kappa shape index (κ1) is 12.2. The molecule has 0 fully saturated rings. The van der Waals surface area contributed by atoms with Gasteiger partial charge in [0.25, 0.3) is 5.56 Å². The molecule has 0 radical (unpaired) electrons. The summed E-state index contributed by atoms with van der Waals surface area (Å²) in [5.41, 5.74) is 1.20. The van der Waals surface area contributed by atoms with Crippen LogP contribution in [0.25, 0.3) is 11.3 Å². The zero-order chi connectivity index (χ0) is 12.4. The number of halogens is 2. The van der Waals surface area contributed by atoms with E-state index in [9.17, 15) is 4.79 Å². The molecule has 2 aromatic rings. The van der Waals surface area contributed by atoms with Gasteiger partial charge in [0.05, 0.1) is 6.61 Å². The number of aliphatic hydroxyl groups is 1. The normalized spacial score (nSPS) is 10.5. The molecule has 0 saturated heterocycles. The van der Waals surface area contributed by atoms with Crippen molar-refractivity contribution in [1.29, 1.82) is 0 Å². The smallest absolute Gasteiger partial charge is 0.253 e. The molecule has 88 valence electrons. The van der Waals surface area contributed by atoms with Crippen LogP contribution in [-0.4, -0.2) is 10.1 Å². The molecule has 0 aliphatic carbocycles. The molecule has 5 heteroatoms. The van der Waals surface area contributed by atoms with Gasteiger partial charge in [0.1, 0.15) is 0 Å². The molecule has 1 aromatic heterocycles. The van der Waals surface area contributed by atoms with Crippen LogP contribution in [0.15, 0.2) is 35.1 Å². The van der Waals surface area contributed by atoms with E-state index in [1.165, 1.54) is 0 Å². The van der Waals surface area contributed by atoms with Crippen molar-refractivity contribution in [2.45, 2.75) is 6.61 Å². The van der Waals surface area contributed by atoms with E-state index in [0.717, 1.165) is 0 Å². The Hall–Kier alpha value is -1.29. The first-order chi connectivity index (χ1) is 8.11. The molecule has 2 rings (SSSR count). The van der Waals surface area contributed by atoms with Crippen LogP contribution >= 0.6 is 23.2 Å². The molecular formula is C12H9Cl2NO2. The number of hydrogen-bond donors (Lipinski definition) is 2. The van der Waals surface area contributed by atoms with E-state index in [1.54, 1.807) is 30.3 Å². The van der Waals surface area contributed by atoms with Crippen LogP contribution in [0, 0.1) is 0 Å². The molecule has 0 atom stereocenters. The largest absolute Gasteiger partial charge is 0.391 e. The number of hydrogen-bond acceptors (Lipinski definition) is 2. The predicted molar refractivity (Wildman–Crippen MR) is 68.4 cm³/mol. The van der Waals surface area contributed by atoms with Gasteiger partial charge in [-0.1, -0.05) is 23.2 Å². The van der Waals surface area contributed by atoms with Crippen molar-refractivity contribution in [3.8, 4) is 11.3 Å². The third-order valence-corrected chi connectivity index (χ3v) is 2.94. The fourth-order valence-electron chi connectivity index (χ4n) is 1.49. The molecule has 0 aliphatic rings. The SMILES string of the molecule is O=c1[nH]c(-c2cc(Cl)ccc2Cl)ccc1CO. The zero-order valence-corrected chi connectivity index (χ0v) is 10.2. The monoisotopic (exact) mass is 269 g/mol. The third kappa shape index (κ3) is 2.52. The molecule has 0 spiro atoms. The van der Waals surface area contributed by atoms with Crippen LogP contribution < -0.4 is 5.56 Å². The van der Waals surface area contributed by atoms with Gasteiger partial charge in [0.2, 0.25) is 0 Å². The van der Waals surface area contributed by atoms with Crippen LogP contribution in [-0.2, 0) is 6.61 Å². The van der Waals surface area contributed by atoms with Gasteiger partial charge in [-0.05, 0) is 30.3 Å². The van der Waals surface area contributed by atoms with Crippen molar-refractivity contribution in [2.24, 2.45) is 0 Å². The van der Waals surface area contributed by atoms with Gasteiger partial charge in [-0.2, -0.15) is 0 Å². The van der Waals surface area contributed by atoms with Crippen LogP contribution in [0.2, 0.25) is 10.0 Å². The van der Waals surface area contributed by atoms with Gasteiger partial charge in [-0.25, -0.2) is 0 Å². The van der Waals surface area contributed by atoms with Gasteiger partial charge in [0.15, 0.2) is 0 Å². The van der Waals surface area contributed by atoms with Crippen molar-refractivity contribution in [3.63, 3.8) is 0 Å². The number of aliphatic hydroxyl groups excluding tert-OH is 1. The molecule has 0 amide bonds. The molecule has 1 aromatic carbocycles. The van der Waals surface area contributed by atoms with Crippen molar-refractivity contribution < 1.29 is 5.11 Å². The van der Waals surface area contributed by atoms with E-state index < -0.39 is 0 Å². The molecule has 2 N–H and O–H groups in total. The van der Waals surface area contributed by atoms with E-state index in [1.807, 2.05) is 0 Å². The Morgan fingerprint density at radius 1 is 1.18 bits per heavy atom. The highest BCUT2D eigenvalue weighted by Crippen LogP contribution is 2.28. The topological polar surface area (TPSA) is 53.1 Å². The van der Waals surface area contributed by atoms with Crippen LogP contribution in [0.5, 0.6) is 0 Å². The van der Waals surface area contributed by atoms with E-state index in [4.69, 9.17) is 28.3 Å². The number of pyridine rings is 1. The van der Waals surface area contributed by atoms with Crippen molar-refractivity contribution in [3.05, 3.63) is 56.3 Å². The summed E-state index contributed by atoms with van der Waals surface area (Å²) in [4.78, 5) is 14.2. The van der Waals surface area contributed by atoms with Gasteiger partial charge < -0.3 is 10.1 Å². The minimum absolute atomic E-state index is 0.293. The lowest BCUT2D eigenvalue weighted by molar-refractivity contribution is 0.280. The summed E-state index contributed by atoms with van der Waals surface area (Å²) in [6, 6.07) is 8.26. The summed E-state index contributed by atoms with van der Waals surface area (Å²) in [7, 11) is 0. The zero-order valence-electron chi connectivity index (χ0n) is 8.71. The molecule has 3 nitrogen and oxygen atoms in total. The highest BCUT2D eigenvalue weighted by atomic mass is 35.5. The van der Waals surface area contributed by atoms with Gasteiger partial charge >= 0.3 is 0 Å². The molecule has 0 bridgehead atoms. The van der Waals surface area contributed by atoms with Crippen molar-refractivity contribution in [2.75, 3.05) is 0 Å². The third-order valence-electron chi connectivity index (χ3n) is 2.38. The van der Waals surface area contributed by atoms with Crippen LogP contribution in [0.4, 0.5) is 0 Å². The maximum Gasteiger partial charge on any atom is 0.253 e. The van der Waals surface area contributed by atoms with Crippen LogP contribution in [0.1, 0.15) is 5.56 Å². The Morgan fingerprint density at radius 2 is 1.94 bits per heavy atom. The summed E-state index contributed by atoms with van der Waals surface area (Å²) < 4.78 is 0. The van der Waals surface area contributed by atoms with Crippen LogP contribution in [0.3, 0.4) is 0 Å². The number of aromatic amines is 1. The average Bonchev–Trinajstić information content (AvgIpc) is 2.32. The first-order valence-electron chi connectivity index (χ1n) is 4.90. The van der Waals surface area contributed by atoms with Gasteiger partial charge in [-0.3, -0.25) is 4.79 Å². The summed E-state index contributed by atoms with van der Waals surface area (Å²) in [6.45, 7) is -0.293. The molecule has 1 heterocycles. The standard InChI is InChI=1S/C12H9Cl2NO2/c13-8-2-3-10(14)9(5-8)11-4-1-7(6-16)12(17)15-11/h1-5,16H,6H2,(H,15,17). The maximum absolute atomic E-state index is 11.5. The fourth-order valence-corrected chi connectivity index (χ4v) is 1.88. The Balaban J connectivity index is 2.57. The predicted octanol–water partition coefficient (Wildman–Crippen LogP) is 2.84. The maximum atomic E-state index is 11.5. The average molecular weight is 270 g/mol. The second-order valence-electron chi connectivity index (χ2n) is 3.51. The first-order valence-corrected chi connectivity index (χ1v) is 5.66. The van der Waals surface area contributed by atoms with Crippen molar-refractivity contribution >= 4 is 23.2 Å². The van der Waals surface area contributed by atoms with Gasteiger partial charge in [0, 0.05) is 26.9 Å². The summed E-state index contributed by atoms with van der Waals surface area (Å²) in [6.07, 6.45) is 0. The van der Waals surface area contributed by atoms with Gasteiger partial charge in [-0.15, -0.1) is 0 Å². The fraction of sp³-hybridized carbons (Fsp3) is 0.0833.